The van der Waals surface area contributed by atoms with E-state index < -0.39 is 0 Å². The van der Waals surface area contributed by atoms with Gasteiger partial charge in [0.1, 0.15) is 0 Å². The van der Waals surface area contributed by atoms with Gasteiger partial charge in [-0.05, 0) is 31.5 Å². The van der Waals surface area contributed by atoms with Crippen LogP contribution < -0.4 is 5.32 Å². The summed E-state index contributed by atoms with van der Waals surface area (Å²) in [5.74, 6) is -0.262. The van der Waals surface area contributed by atoms with Gasteiger partial charge in [-0.25, -0.2) is 0 Å². The van der Waals surface area contributed by atoms with E-state index in [9.17, 15) is 4.79 Å². The van der Waals surface area contributed by atoms with Crippen molar-refractivity contribution in [3.8, 4) is 0 Å². The van der Waals surface area contributed by atoms with Gasteiger partial charge in [-0.2, -0.15) is 0 Å². The van der Waals surface area contributed by atoms with Crippen molar-refractivity contribution >= 4 is 17.5 Å². The molecule has 1 aromatic carbocycles. The van der Waals surface area contributed by atoms with Crippen LogP contribution in [0.1, 0.15) is 22.8 Å². The number of carbonyl (C=O) groups excluding carboxylic acids is 1. The molecule has 1 aromatic rings. The molecule has 1 unspecified atom stereocenters. The fraction of sp³-hybridized carbons (Fsp3) is 0.364. The van der Waals surface area contributed by atoms with Crippen LogP contribution in [-0.2, 0) is 0 Å². The van der Waals surface area contributed by atoms with Gasteiger partial charge in [0.2, 0.25) is 0 Å². The van der Waals surface area contributed by atoms with Gasteiger partial charge >= 0.3 is 0 Å². The molecule has 0 fully saturated rings. The van der Waals surface area contributed by atoms with Gasteiger partial charge in [-0.15, -0.1) is 0 Å². The summed E-state index contributed by atoms with van der Waals surface area (Å²) in [6, 6.07) is 4.97. The molecule has 4 heteroatoms. The van der Waals surface area contributed by atoms with Crippen LogP contribution in [0.3, 0.4) is 0 Å². The quantitative estimate of drug-likeness (QED) is 0.827. The van der Waals surface area contributed by atoms with E-state index in [0.29, 0.717) is 10.6 Å². The van der Waals surface area contributed by atoms with Gasteiger partial charge in [0, 0.05) is 6.04 Å². The van der Waals surface area contributed by atoms with Crippen molar-refractivity contribution in [2.24, 2.45) is 0 Å². The third-order valence-electron chi connectivity index (χ3n) is 2.02. The van der Waals surface area contributed by atoms with Crippen LogP contribution in [0.4, 0.5) is 0 Å². The van der Waals surface area contributed by atoms with Crippen LogP contribution in [0.15, 0.2) is 18.2 Å². The molecule has 0 bridgehead atoms. The number of hydrogen-bond donors (Lipinski definition) is 2. The molecule has 0 saturated heterocycles. The SMILES string of the molecule is Cc1ccc(C(=O)NC(C)CO)c(Cl)c1. The van der Waals surface area contributed by atoms with Crippen LogP contribution in [0, 0.1) is 6.92 Å². The second kappa shape index (κ2) is 5.14. The Balaban J connectivity index is 2.82. The Morgan fingerprint density at radius 3 is 2.80 bits per heavy atom. The minimum atomic E-state index is -0.269. The Labute approximate surface area is 94.1 Å². The zero-order chi connectivity index (χ0) is 11.4. The van der Waals surface area contributed by atoms with E-state index in [1.54, 1.807) is 19.1 Å². The van der Waals surface area contributed by atoms with E-state index in [1.165, 1.54) is 0 Å². The summed E-state index contributed by atoms with van der Waals surface area (Å²) in [5, 5.41) is 11.9. The van der Waals surface area contributed by atoms with Gasteiger partial charge in [0.05, 0.1) is 17.2 Å². The van der Waals surface area contributed by atoms with E-state index in [2.05, 4.69) is 5.32 Å². The van der Waals surface area contributed by atoms with E-state index in [-0.39, 0.29) is 18.6 Å². The molecule has 3 nitrogen and oxygen atoms in total. The molecule has 0 aliphatic carbocycles. The molecule has 82 valence electrons. The molecule has 0 aliphatic heterocycles. The first kappa shape index (κ1) is 12.0. The molecule has 0 saturated carbocycles. The standard InChI is InChI=1S/C11H14ClNO2/c1-7-3-4-9(10(12)5-7)11(15)13-8(2)6-14/h3-5,8,14H,6H2,1-2H3,(H,13,15). The predicted octanol–water partition coefficient (Wildman–Crippen LogP) is 1.76. The van der Waals surface area contributed by atoms with E-state index in [0.717, 1.165) is 5.56 Å². The molecule has 0 aromatic heterocycles. The fourth-order valence-corrected chi connectivity index (χ4v) is 1.47. The molecular weight excluding hydrogens is 214 g/mol. The molecule has 0 aliphatic rings. The van der Waals surface area contributed by atoms with E-state index in [1.807, 2.05) is 13.0 Å². The Morgan fingerprint density at radius 1 is 1.60 bits per heavy atom. The van der Waals surface area contributed by atoms with Crippen molar-refractivity contribution in [3.63, 3.8) is 0 Å². The predicted molar refractivity (Wildman–Crippen MR) is 60.2 cm³/mol. The highest BCUT2D eigenvalue weighted by atomic mass is 35.5. The van der Waals surface area contributed by atoms with E-state index in [4.69, 9.17) is 16.7 Å². The Hall–Kier alpha value is -1.06. The number of halogens is 1. The largest absolute Gasteiger partial charge is 0.394 e. The maximum absolute atomic E-state index is 11.6. The summed E-state index contributed by atoms with van der Waals surface area (Å²) in [4.78, 5) is 11.6. The number of rotatable bonds is 3. The number of aryl methyl sites for hydroxylation is 1. The lowest BCUT2D eigenvalue weighted by Gasteiger charge is -2.11. The highest BCUT2D eigenvalue weighted by Gasteiger charge is 2.12. The van der Waals surface area contributed by atoms with E-state index >= 15 is 0 Å². The lowest BCUT2D eigenvalue weighted by Crippen LogP contribution is -2.35. The molecule has 0 spiro atoms. The lowest BCUT2D eigenvalue weighted by molar-refractivity contribution is 0.0922. The van der Waals surface area contributed by atoms with Crippen LogP contribution in [0.25, 0.3) is 0 Å². The Bertz CT molecular complexity index is 366. The monoisotopic (exact) mass is 227 g/mol. The number of aliphatic hydroxyl groups is 1. The van der Waals surface area contributed by atoms with Crippen molar-refractivity contribution in [1.82, 2.24) is 5.32 Å². The normalized spacial score (nSPS) is 12.3. The molecule has 1 rings (SSSR count). The number of carbonyl (C=O) groups is 1. The number of hydrogen-bond acceptors (Lipinski definition) is 2. The maximum Gasteiger partial charge on any atom is 0.253 e. The van der Waals surface area contributed by atoms with Gasteiger partial charge in [-0.1, -0.05) is 17.7 Å². The molecule has 15 heavy (non-hydrogen) atoms. The van der Waals surface area contributed by atoms with Crippen molar-refractivity contribution in [1.29, 1.82) is 0 Å². The summed E-state index contributed by atoms with van der Waals surface area (Å²) in [6.07, 6.45) is 0. The summed E-state index contributed by atoms with van der Waals surface area (Å²) < 4.78 is 0. The average Bonchev–Trinajstić information content (AvgIpc) is 2.17. The third-order valence-corrected chi connectivity index (χ3v) is 2.33. The van der Waals surface area contributed by atoms with Crippen LogP contribution in [0.2, 0.25) is 5.02 Å². The molecule has 0 heterocycles. The first-order chi connectivity index (χ1) is 7.04. The van der Waals surface area contributed by atoms with Crippen LogP contribution >= 0.6 is 11.6 Å². The minimum Gasteiger partial charge on any atom is -0.394 e. The zero-order valence-electron chi connectivity index (χ0n) is 8.75. The third kappa shape index (κ3) is 3.22. The molecule has 2 N–H and O–H groups in total. The fourth-order valence-electron chi connectivity index (χ4n) is 1.15. The molecule has 1 amide bonds. The lowest BCUT2D eigenvalue weighted by atomic mass is 10.1. The zero-order valence-corrected chi connectivity index (χ0v) is 9.51. The molecule has 0 radical (unpaired) electrons. The topological polar surface area (TPSA) is 49.3 Å². The minimum absolute atomic E-state index is 0.0881. The number of benzene rings is 1. The Morgan fingerprint density at radius 2 is 2.27 bits per heavy atom. The van der Waals surface area contributed by atoms with Crippen LogP contribution in [0.5, 0.6) is 0 Å². The maximum atomic E-state index is 11.6. The van der Waals surface area contributed by atoms with Crippen molar-refractivity contribution in [2.75, 3.05) is 6.61 Å². The average molecular weight is 228 g/mol. The summed E-state index contributed by atoms with van der Waals surface area (Å²) in [5.41, 5.74) is 1.44. The second-order valence-corrected chi connectivity index (χ2v) is 3.95. The number of amides is 1. The molecular formula is C11H14ClNO2. The van der Waals surface area contributed by atoms with Crippen molar-refractivity contribution in [3.05, 3.63) is 34.3 Å². The Kier molecular flexibility index (Phi) is 4.12. The first-order valence-corrected chi connectivity index (χ1v) is 5.10. The van der Waals surface area contributed by atoms with Gasteiger partial charge < -0.3 is 10.4 Å². The van der Waals surface area contributed by atoms with Gasteiger partial charge in [-0.3, -0.25) is 4.79 Å². The first-order valence-electron chi connectivity index (χ1n) is 4.72. The second-order valence-electron chi connectivity index (χ2n) is 3.54. The van der Waals surface area contributed by atoms with Crippen molar-refractivity contribution in [2.45, 2.75) is 19.9 Å². The van der Waals surface area contributed by atoms with Crippen molar-refractivity contribution < 1.29 is 9.90 Å². The van der Waals surface area contributed by atoms with Crippen LogP contribution in [-0.4, -0.2) is 23.7 Å². The number of aliphatic hydroxyl groups excluding tert-OH is 1. The number of nitrogens with one attached hydrogen (secondary N) is 1. The van der Waals surface area contributed by atoms with Gasteiger partial charge in [0.15, 0.2) is 0 Å². The summed E-state index contributed by atoms with van der Waals surface area (Å²) in [6.45, 7) is 3.54. The highest BCUT2D eigenvalue weighted by Crippen LogP contribution is 2.17. The summed E-state index contributed by atoms with van der Waals surface area (Å²) >= 11 is 5.93. The smallest absolute Gasteiger partial charge is 0.253 e. The molecule has 1 atom stereocenters. The van der Waals surface area contributed by atoms with Gasteiger partial charge in [0.25, 0.3) is 5.91 Å². The summed E-state index contributed by atoms with van der Waals surface area (Å²) in [7, 11) is 0. The highest BCUT2D eigenvalue weighted by molar-refractivity contribution is 6.33.